The predicted molar refractivity (Wildman–Crippen MR) is 138 cm³/mol. The molecule has 1 unspecified atom stereocenters. The van der Waals surface area contributed by atoms with Crippen molar-refractivity contribution in [2.75, 3.05) is 55.3 Å². The van der Waals surface area contributed by atoms with Gasteiger partial charge in [0.15, 0.2) is 5.65 Å². The van der Waals surface area contributed by atoms with Gasteiger partial charge < -0.3 is 20.4 Å². The standard InChI is InChI=1S/C27H29F2N7/c1-33-11-13-34(14-12-33)24-7-4-18(15-22(24)30)25-17-31-26-8-9-27(32-36(25)26)35-10-2-3-23(35)20-16-19(28)5-6-21(20)29/h4-9,15-17,23H,2-3,10-14,30H2,1H3. The lowest BCUT2D eigenvalue weighted by Gasteiger charge is -2.34. The van der Waals surface area contributed by atoms with E-state index in [-0.39, 0.29) is 6.04 Å². The molecule has 9 heteroatoms. The molecular weight excluding hydrogens is 460 g/mol. The average molecular weight is 490 g/mol. The van der Waals surface area contributed by atoms with Crippen LogP contribution in [0.2, 0.25) is 0 Å². The van der Waals surface area contributed by atoms with E-state index in [2.05, 4.69) is 34.0 Å². The Hall–Kier alpha value is -3.72. The maximum atomic E-state index is 14.6. The van der Waals surface area contributed by atoms with Gasteiger partial charge in [0.25, 0.3) is 0 Å². The van der Waals surface area contributed by atoms with Crippen molar-refractivity contribution in [1.82, 2.24) is 19.5 Å². The minimum absolute atomic E-state index is 0.267. The number of halogens is 2. The van der Waals surface area contributed by atoms with Gasteiger partial charge in [0.2, 0.25) is 0 Å². The van der Waals surface area contributed by atoms with E-state index < -0.39 is 11.6 Å². The zero-order chi connectivity index (χ0) is 24.8. The Kier molecular flexibility index (Phi) is 5.72. The SMILES string of the molecule is CN1CCN(c2ccc(-c3cnc4ccc(N5CCCC5c5cc(F)ccc5F)nn34)cc2N)CC1. The number of aromatic nitrogens is 3. The van der Waals surface area contributed by atoms with Gasteiger partial charge in [-0.15, -0.1) is 5.10 Å². The molecule has 0 radical (unpaired) electrons. The normalized spacial score (nSPS) is 18.9. The molecule has 2 fully saturated rings. The van der Waals surface area contributed by atoms with Gasteiger partial charge in [-0.1, -0.05) is 6.07 Å². The topological polar surface area (TPSA) is 65.9 Å². The molecule has 2 aromatic carbocycles. The third-order valence-electron chi connectivity index (χ3n) is 7.38. The summed E-state index contributed by atoms with van der Waals surface area (Å²) in [6.45, 7) is 4.64. The number of benzene rings is 2. The number of imidazole rings is 1. The van der Waals surface area contributed by atoms with Crippen LogP contribution in [0, 0.1) is 11.6 Å². The van der Waals surface area contributed by atoms with Crippen LogP contribution in [0.3, 0.4) is 0 Å². The van der Waals surface area contributed by atoms with Crippen LogP contribution in [0.5, 0.6) is 0 Å². The van der Waals surface area contributed by atoms with Crippen LogP contribution < -0.4 is 15.5 Å². The Morgan fingerprint density at radius 2 is 1.78 bits per heavy atom. The molecule has 0 bridgehead atoms. The van der Waals surface area contributed by atoms with Gasteiger partial charge in [-0.3, -0.25) is 0 Å². The fourth-order valence-corrected chi connectivity index (χ4v) is 5.40. The highest BCUT2D eigenvalue weighted by Gasteiger charge is 2.30. The molecule has 0 aliphatic carbocycles. The summed E-state index contributed by atoms with van der Waals surface area (Å²) in [7, 11) is 2.13. The molecule has 0 amide bonds. The number of piperazine rings is 1. The van der Waals surface area contributed by atoms with Crippen molar-refractivity contribution in [3.05, 3.63) is 71.9 Å². The summed E-state index contributed by atoms with van der Waals surface area (Å²) >= 11 is 0. The summed E-state index contributed by atoms with van der Waals surface area (Å²) < 4.78 is 30.3. The first-order valence-electron chi connectivity index (χ1n) is 12.4. The van der Waals surface area contributed by atoms with Gasteiger partial charge in [-0.05, 0) is 62.4 Å². The molecule has 4 aromatic rings. The number of nitrogens with two attached hydrogens (primary N) is 1. The van der Waals surface area contributed by atoms with Crippen LogP contribution in [0.25, 0.3) is 16.9 Å². The number of rotatable bonds is 4. The lowest BCUT2D eigenvalue weighted by atomic mass is 10.0. The Bertz CT molecular complexity index is 1410. The van der Waals surface area contributed by atoms with E-state index in [1.807, 2.05) is 23.1 Å². The number of hydrogen-bond donors (Lipinski definition) is 1. The molecule has 36 heavy (non-hydrogen) atoms. The highest BCUT2D eigenvalue weighted by molar-refractivity contribution is 5.76. The van der Waals surface area contributed by atoms with Crippen molar-refractivity contribution in [1.29, 1.82) is 0 Å². The molecule has 186 valence electrons. The molecule has 2 aliphatic heterocycles. The van der Waals surface area contributed by atoms with Crippen molar-refractivity contribution in [3.63, 3.8) is 0 Å². The summed E-state index contributed by atoms with van der Waals surface area (Å²) in [5, 5.41) is 4.88. The number of fused-ring (bicyclic) bond motifs is 1. The van der Waals surface area contributed by atoms with Crippen LogP contribution in [-0.2, 0) is 0 Å². The fraction of sp³-hybridized carbons (Fsp3) is 0.333. The summed E-state index contributed by atoms with van der Waals surface area (Å²) in [6, 6.07) is 13.3. The number of nitrogens with zero attached hydrogens (tertiary/aromatic N) is 6. The summed E-state index contributed by atoms with van der Waals surface area (Å²) in [4.78, 5) is 11.2. The van der Waals surface area contributed by atoms with Gasteiger partial charge in [-0.2, -0.15) is 0 Å². The molecule has 0 spiro atoms. The maximum Gasteiger partial charge on any atom is 0.154 e. The highest BCUT2D eigenvalue weighted by atomic mass is 19.1. The molecule has 2 saturated heterocycles. The first kappa shape index (κ1) is 22.7. The average Bonchev–Trinajstić information content (AvgIpc) is 3.53. The van der Waals surface area contributed by atoms with Gasteiger partial charge >= 0.3 is 0 Å². The third-order valence-corrected chi connectivity index (χ3v) is 7.38. The van der Waals surface area contributed by atoms with Crippen molar-refractivity contribution in [2.24, 2.45) is 0 Å². The van der Waals surface area contributed by atoms with E-state index in [0.717, 1.165) is 74.3 Å². The minimum atomic E-state index is -0.434. The quantitative estimate of drug-likeness (QED) is 0.430. The molecule has 6 rings (SSSR count). The highest BCUT2D eigenvalue weighted by Crippen LogP contribution is 2.37. The van der Waals surface area contributed by atoms with Crippen molar-refractivity contribution in [3.8, 4) is 11.3 Å². The zero-order valence-corrected chi connectivity index (χ0v) is 20.2. The first-order chi connectivity index (χ1) is 17.5. The van der Waals surface area contributed by atoms with Crippen molar-refractivity contribution >= 4 is 22.8 Å². The third kappa shape index (κ3) is 4.03. The zero-order valence-electron chi connectivity index (χ0n) is 20.2. The smallest absolute Gasteiger partial charge is 0.154 e. The Balaban J connectivity index is 1.33. The largest absolute Gasteiger partial charge is 0.397 e. The molecule has 7 nitrogen and oxygen atoms in total. The number of hydrogen-bond acceptors (Lipinski definition) is 6. The van der Waals surface area contributed by atoms with Gasteiger partial charge in [0.1, 0.15) is 17.5 Å². The summed E-state index contributed by atoms with van der Waals surface area (Å²) in [6.07, 6.45) is 3.41. The predicted octanol–water partition coefficient (Wildman–Crippen LogP) is 4.35. The van der Waals surface area contributed by atoms with Crippen LogP contribution in [0.1, 0.15) is 24.4 Å². The lowest BCUT2D eigenvalue weighted by Crippen LogP contribution is -2.44. The van der Waals surface area contributed by atoms with Crippen LogP contribution in [0.4, 0.5) is 26.0 Å². The maximum absolute atomic E-state index is 14.6. The fourth-order valence-electron chi connectivity index (χ4n) is 5.40. The van der Waals surface area contributed by atoms with Crippen LogP contribution in [0.15, 0.2) is 54.7 Å². The molecule has 2 aromatic heterocycles. The van der Waals surface area contributed by atoms with E-state index in [1.165, 1.54) is 12.1 Å². The lowest BCUT2D eigenvalue weighted by molar-refractivity contribution is 0.313. The Labute approximate surface area is 208 Å². The van der Waals surface area contributed by atoms with E-state index in [4.69, 9.17) is 10.8 Å². The van der Waals surface area contributed by atoms with E-state index in [0.29, 0.717) is 17.0 Å². The molecule has 2 N–H and O–H groups in total. The van der Waals surface area contributed by atoms with Gasteiger partial charge in [0.05, 0.1) is 29.3 Å². The second-order valence-corrected chi connectivity index (χ2v) is 9.69. The van der Waals surface area contributed by atoms with Gasteiger partial charge in [-0.25, -0.2) is 18.3 Å². The van der Waals surface area contributed by atoms with E-state index >= 15 is 0 Å². The van der Waals surface area contributed by atoms with Crippen LogP contribution >= 0.6 is 0 Å². The number of likely N-dealkylation sites (N-methyl/N-ethyl adjacent to an activating group) is 1. The molecule has 2 aliphatic rings. The minimum Gasteiger partial charge on any atom is -0.397 e. The molecule has 0 saturated carbocycles. The van der Waals surface area contributed by atoms with Crippen LogP contribution in [-0.4, -0.2) is 59.3 Å². The molecule has 1 atom stereocenters. The second-order valence-electron chi connectivity index (χ2n) is 9.69. The van der Waals surface area contributed by atoms with Gasteiger partial charge in [0, 0.05) is 43.9 Å². The monoisotopic (exact) mass is 489 g/mol. The van der Waals surface area contributed by atoms with Crippen molar-refractivity contribution in [2.45, 2.75) is 18.9 Å². The summed E-state index contributed by atoms with van der Waals surface area (Å²) in [5.74, 6) is -0.125. The Morgan fingerprint density at radius 3 is 2.58 bits per heavy atom. The number of anilines is 3. The molecule has 4 heterocycles. The van der Waals surface area contributed by atoms with E-state index in [1.54, 1.807) is 10.7 Å². The van der Waals surface area contributed by atoms with Crippen molar-refractivity contribution < 1.29 is 8.78 Å². The van der Waals surface area contributed by atoms with E-state index in [9.17, 15) is 8.78 Å². The first-order valence-corrected chi connectivity index (χ1v) is 12.4. The Morgan fingerprint density at radius 1 is 0.944 bits per heavy atom. The number of nitrogen functional groups attached to an aromatic ring is 1. The molecular formula is C27H29F2N7. The second kappa shape index (κ2) is 9.05. The summed E-state index contributed by atoms with van der Waals surface area (Å²) in [5.41, 5.74) is 11.1.